The van der Waals surface area contributed by atoms with Crippen molar-refractivity contribution < 1.29 is 14.7 Å². The van der Waals surface area contributed by atoms with Gasteiger partial charge in [-0.05, 0) is 77.3 Å². The molecule has 0 saturated carbocycles. The highest BCUT2D eigenvalue weighted by Crippen LogP contribution is 2.18. The summed E-state index contributed by atoms with van der Waals surface area (Å²) < 4.78 is 0.875. The fraction of sp³-hybridized carbons (Fsp3) is 0. The van der Waals surface area contributed by atoms with Crippen LogP contribution in [0.25, 0.3) is 0 Å². The summed E-state index contributed by atoms with van der Waals surface area (Å²) in [6, 6.07) is 11.1. The van der Waals surface area contributed by atoms with Crippen molar-refractivity contribution in [1.29, 1.82) is 0 Å². The molecule has 0 aliphatic heterocycles. The van der Waals surface area contributed by atoms with Gasteiger partial charge < -0.3 is 10.4 Å². The van der Waals surface area contributed by atoms with Crippen molar-refractivity contribution in [3.63, 3.8) is 0 Å². The molecule has 0 heterocycles. The second kappa shape index (κ2) is 7.71. The van der Waals surface area contributed by atoms with Gasteiger partial charge in [-0.1, -0.05) is 11.6 Å². The molecule has 2 rings (SSSR count). The first-order valence-corrected chi connectivity index (χ1v) is 8.14. The Morgan fingerprint density at radius 1 is 1.13 bits per heavy atom. The van der Waals surface area contributed by atoms with Gasteiger partial charge in [0.1, 0.15) is 0 Å². The van der Waals surface area contributed by atoms with Gasteiger partial charge in [0.05, 0.1) is 16.1 Å². The van der Waals surface area contributed by atoms with Crippen molar-refractivity contribution in [1.82, 2.24) is 5.32 Å². The Morgan fingerprint density at radius 3 is 2.39 bits per heavy atom. The van der Waals surface area contributed by atoms with E-state index in [1.807, 2.05) is 0 Å². The summed E-state index contributed by atoms with van der Waals surface area (Å²) in [6.45, 7) is 0. The summed E-state index contributed by atoms with van der Waals surface area (Å²) in [5.74, 6) is -1.44. The van der Waals surface area contributed by atoms with Crippen LogP contribution in [0.2, 0.25) is 5.02 Å². The summed E-state index contributed by atoms with van der Waals surface area (Å²) in [5, 5.41) is 14.6. The highest BCUT2D eigenvalue weighted by molar-refractivity contribution is 14.1. The number of carboxylic acid groups (broad SMARTS) is 1. The Hall–Kier alpha value is -1.71. The fourth-order valence-corrected chi connectivity index (χ4v) is 2.61. The van der Waals surface area contributed by atoms with Gasteiger partial charge in [-0.3, -0.25) is 10.1 Å². The normalized spacial score (nSPS) is 10.0. The Labute approximate surface area is 156 Å². The maximum Gasteiger partial charge on any atom is 0.335 e. The first kappa shape index (κ1) is 17.6. The molecule has 0 unspecified atom stereocenters. The molecule has 8 heteroatoms. The molecule has 0 bridgehead atoms. The maximum atomic E-state index is 12.2. The molecule has 5 nitrogen and oxygen atoms in total. The van der Waals surface area contributed by atoms with Gasteiger partial charge in [-0.2, -0.15) is 0 Å². The zero-order chi connectivity index (χ0) is 17.0. The average Bonchev–Trinajstić information content (AvgIpc) is 2.50. The lowest BCUT2D eigenvalue weighted by molar-refractivity contribution is 0.0696. The Bertz CT molecular complexity index is 781. The predicted molar refractivity (Wildman–Crippen MR) is 101 cm³/mol. The third-order valence-corrected chi connectivity index (χ3v) is 3.99. The van der Waals surface area contributed by atoms with E-state index >= 15 is 0 Å². The minimum atomic E-state index is -1.01. The van der Waals surface area contributed by atoms with E-state index in [0.29, 0.717) is 16.3 Å². The van der Waals surface area contributed by atoms with Gasteiger partial charge in [0.2, 0.25) is 0 Å². The number of aromatic carboxylic acids is 1. The van der Waals surface area contributed by atoms with Crippen LogP contribution in [0.5, 0.6) is 0 Å². The van der Waals surface area contributed by atoms with E-state index in [0.717, 1.165) is 3.57 Å². The zero-order valence-electron chi connectivity index (χ0n) is 11.5. The number of hydrogen-bond donors (Lipinski definition) is 3. The Morgan fingerprint density at radius 2 is 1.78 bits per heavy atom. The summed E-state index contributed by atoms with van der Waals surface area (Å²) >= 11 is 13.1. The monoisotopic (exact) mass is 460 g/mol. The molecule has 0 atom stereocenters. The third-order valence-electron chi connectivity index (χ3n) is 2.79. The smallest absolute Gasteiger partial charge is 0.335 e. The molecule has 1 amide bonds. The minimum Gasteiger partial charge on any atom is -0.478 e. The molecule has 0 aliphatic carbocycles. The van der Waals surface area contributed by atoms with Gasteiger partial charge in [0.25, 0.3) is 5.91 Å². The second-order valence-electron chi connectivity index (χ2n) is 4.41. The summed E-state index contributed by atoms with van der Waals surface area (Å²) in [4.78, 5) is 22.9. The van der Waals surface area contributed by atoms with Gasteiger partial charge in [0, 0.05) is 9.26 Å². The lowest BCUT2D eigenvalue weighted by Crippen LogP contribution is -2.34. The van der Waals surface area contributed by atoms with Crippen molar-refractivity contribution in [2.45, 2.75) is 0 Å². The topological polar surface area (TPSA) is 78.4 Å². The average molecular weight is 461 g/mol. The number of carbonyl (C=O) groups excluding carboxylic acids is 1. The first-order chi connectivity index (χ1) is 10.9. The molecule has 2 aromatic carbocycles. The number of hydrogen-bond acceptors (Lipinski definition) is 3. The van der Waals surface area contributed by atoms with Crippen LogP contribution in [0.3, 0.4) is 0 Å². The molecule has 0 aliphatic rings. The van der Waals surface area contributed by atoms with Gasteiger partial charge in [-0.25, -0.2) is 4.79 Å². The highest BCUT2D eigenvalue weighted by atomic mass is 127. The molecule has 0 fully saturated rings. The van der Waals surface area contributed by atoms with Crippen LogP contribution >= 0.6 is 46.4 Å². The van der Waals surface area contributed by atoms with Crippen molar-refractivity contribution in [3.05, 3.63) is 62.2 Å². The molecule has 0 spiro atoms. The summed E-state index contributed by atoms with van der Waals surface area (Å²) in [5.41, 5.74) is 1.05. The number of halogens is 2. The van der Waals surface area contributed by atoms with Crippen LogP contribution in [-0.4, -0.2) is 22.1 Å². The molecule has 0 radical (unpaired) electrons. The molecule has 23 heavy (non-hydrogen) atoms. The van der Waals surface area contributed by atoms with Gasteiger partial charge >= 0.3 is 5.97 Å². The number of anilines is 1. The number of rotatable bonds is 3. The number of amides is 1. The number of carboxylic acids is 1. The van der Waals surface area contributed by atoms with Crippen LogP contribution in [0, 0.1) is 3.57 Å². The Balaban J connectivity index is 2.03. The standard InChI is InChI=1S/C15H10ClIN2O3S/c16-12-6-3-9(17)7-11(12)13(20)19-15(23)18-10-4-1-8(2-5-10)14(21)22/h1-7H,(H,21,22)(H2,18,19,20,23). The van der Waals surface area contributed by atoms with E-state index < -0.39 is 11.9 Å². The molecule has 3 N–H and O–H groups in total. The number of nitrogens with one attached hydrogen (secondary N) is 2. The van der Waals surface area contributed by atoms with Crippen molar-refractivity contribution in [3.8, 4) is 0 Å². The molecule has 118 valence electrons. The summed E-state index contributed by atoms with van der Waals surface area (Å²) in [7, 11) is 0. The van der Waals surface area contributed by atoms with E-state index in [-0.39, 0.29) is 10.7 Å². The predicted octanol–water partition coefficient (Wildman–Crippen LogP) is 3.77. The lowest BCUT2D eigenvalue weighted by Gasteiger charge is -2.10. The number of benzene rings is 2. The van der Waals surface area contributed by atoms with E-state index in [1.54, 1.807) is 30.3 Å². The van der Waals surface area contributed by atoms with Crippen LogP contribution in [0.4, 0.5) is 5.69 Å². The molecular weight excluding hydrogens is 451 g/mol. The second-order valence-corrected chi connectivity index (χ2v) is 6.48. The molecule has 0 saturated heterocycles. The summed E-state index contributed by atoms with van der Waals surface area (Å²) in [6.07, 6.45) is 0. The number of thiocarbonyl (C=S) groups is 1. The molecule has 0 aromatic heterocycles. The fourth-order valence-electron chi connectivity index (χ4n) is 1.70. The van der Waals surface area contributed by atoms with Crippen molar-refractivity contribution >= 4 is 69.1 Å². The van der Waals surface area contributed by atoms with Gasteiger partial charge in [0.15, 0.2) is 5.11 Å². The van der Waals surface area contributed by atoms with Gasteiger partial charge in [-0.15, -0.1) is 0 Å². The van der Waals surface area contributed by atoms with Crippen LogP contribution in [0.15, 0.2) is 42.5 Å². The van der Waals surface area contributed by atoms with Crippen LogP contribution in [0.1, 0.15) is 20.7 Å². The first-order valence-electron chi connectivity index (χ1n) is 6.27. The SMILES string of the molecule is O=C(O)c1ccc(NC(=S)NC(=O)c2cc(I)ccc2Cl)cc1. The van der Waals surface area contributed by atoms with Crippen molar-refractivity contribution in [2.75, 3.05) is 5.32 Å². The third kappa shape index (κ3) is 4.88. The van der Waals surface area contributed by atoms with E-state index in [2.05, 4.69) is 33.2 Å². The lowest BCUT2D eigenvalue weighted by atomic mass is 10.2. The van der Waals surface area contributed by atoms with E-state index in [1.165, 1.54) is 12.1 Å². The van der Waals surface area contributed by atoms with Crippen LogP contribution in [-0.2, 0) is 0 Å². The molecule has 2 aromatic rings. The minimum absolute atomic E-state index is 0.0907. The largest absolute Gasteiger partial charge is 0.478 e. The zero-order valence-corrected chi connectivity index (χ0v) is 15.2. The van der Waals surface area contributed by atoms with E-state index in [4.69, 9.17) is 28.9 Å². The van der Waals surface area contributed by atoms with E-state index in [9.17, 15) is 9.59 Å². The maximum absolute atomic E-state index is 12.2. The van der Waals surface area contributed by atoms with Crippen LogP contribution < -0.4 is 10.6 Å². The quantitative estimate of drug-likeness (QED) is 0.480. The highest BCUT2D eigenvalue weighted by Gasteiger charge is 2.12. The number of carbonyl (C=O) groups is 2. The molecular formula is C15H10ClIN2O3S. The Kier molecular flexibility index (Phi) is 5.91. The van der Waals surface area contributed by atoms with Crippen molar-refractivity contribution in [2.24, 2.45) is 0 Å².